The molecule has 6 rings (SSSR count). The summed E-state index contributed by atoms with van der Waals surface area (Å²) in [5, 5.41) is 6.83. The van der Waals surface area contributed by atoms with E-state index in [0.29, 0.717) is 11.8 Å². The molecule has 0 bridgehead atoms. The van der Waals surface area contributed by atoms with Gasteiger partial charge in [0, 0.05) is 62.5 Å². The maximum atomic E-state index is 11.8. The van der Waals surface area contributed by atoms with E-state index < -0.39 is 0 Å². The number of carbonyl (C=O) groups excluding carboxylic acids is 1. The molecule has 246 valence electrons. The largest absolute Gasteiger partial charge is 0.494 e. The van der Waals surface area contributed by atoms with Crippen molar-refractivity contribution in [1.82, 2.24) is 15.5 Å². The van der Waals surface area contributed by atoms with E-state index in [0.717, 1.165) is 67.2 Å². The fourth-order valence-corrected chi connectivity index (χ4v) is 6.28. The van der Waals surface area contributed by atoms with E-state index in [9.17, 15) is 4.79 Å². The summed E-state index contributed by atoms with van der Waals surface area (Å²) in [6.07, 6.45) is -0.156. The summed E-state index contributed by atoms with van der Waals surface area (Å²) in [4.78, 5) is 16.1. The van der Waals surface area contributed by atoms with Gasteiger partial charge in [0.1, 0.15) is 17.1 Å². The number of ether oxygens (including phenoxy) is 3. The van der Waals surface area contributed by atoms with Crippen molar-refractivity contribution in [2.45, 2.75) is 54.1 Å². The topological polar surface area (TPSA) is 75.3 Å². The summed E-state index contributed by atoms with van der Waals surface area (Å²) < 4.78 is 17.1. The zero-order valence-corrected chi connectivity index (χ0v) is 29.5. The highest BCUT2D eigenvalue weighted by atomic mass is 79.9. The van der Waals surface area contributed by atoms with Gasteiger partial charge in [0.05, 0.1) is 13.2 Å². The van der Waals surface area contributed by atoms with Gasteiger partial charge < -0.3 is 34.6 Å². The minimum absolute atomic E-state index is 0.156. The highest BCUT2D eigenvalue weighted by Gasteiger charge is 2.39. The van der Waals surface area contributed by atoms with Crippen molar-refractivity contribution in [2.24, 2.45) is 23.7 Å². The van der Waals surface area contributed by atoms with Crippen LogP contribution >= 0.6 is 15.9 Å². The van der Waals surface area contributed by atoms with Crippen LogP contribution in [0.1, 0.15) is 48.5 Å². The molecule has 9 heteroatoms. The molecule has 4 aliphatic heterocycles. The Kier molecular flexibility index (Phi) is 14.6. The highest BCUT2D eigenvalue weighted by Crippen LogP contribution is 2.31. The number of anilines is 1. The number of amides is 1. The molecule has 0 radical (unpaired) electrons. The summed E-state index contributed by atoms with van der Waals surface area (Å²) in [5.74, 6) is 4.86. The maximum Gasteiger partial charge on any atom is 0.410 e. The van der Waals surface area contributed by atoms with Crippen LogP contribution in [0.4, 0.5) is 10.5 Å². The molecule has 2 N–H and O–H groups in total. The number of rotatable bonds is 5. The average molecular weight is 676 g/mol. The molecular weight excluding hydrogens is 620 g/mol. The third kappa shape index (κ3) is 11.1. The predicted molar refractivity (Wildman–Crippen MR) is 184 cm³/mol. The molecule has 4 saturated heterocycles. The lowest BCUT2D eigenvalue weighted by molar-refractivity contribution is 0.0281. The molecule has 2 aromatic rings. The summed E-state index contributed by atoms with van der Waals surface area (Å²) in [6.45, 7) is 23.8. The molecule has 0 aliphatic carbocycles. The van der Waals surface area contributed by atoms with Gasteiger partial charge in [-0.1, -0.05) is 29.8 Å². The van der Waals surface area contributed by atoms with E-state index in [1.54, 1.807) is 0 Å². The number of hydrogen-bond acceptors (Lipinski definition) is 7. The maximum absolute atomic E-state index is 11.8. The Labute approximate surface area is 274 Å². The number of halogens is 1. The van der Waals surface area contributed by atoms with Crippen LogP contribution in [0.3, 0.4) is 0 Å². The van der Waals surface area contributed by atoms with Crippen molar-refractivity contribution in [3.05, 3.63) is 53.0 Å². The number of fused-ring (bicyclic) bond motifs is 2. The molecule has 0 saturated carbocycles. The number of benzene rings is 2. The number of likely N-dealkylation sites (tertiary alicyclic amines) is 1. The molecule has 4 aliphatic rings. The van der Waals surface area contributed by atoms with E-state index in [2.05, 4.69) is 55.7 Å². The molecule has 44 heavy (non-hydrogen) atoms. The monoisotopic (exact) mass is 674 g/mol. The fourth-order valence-electron chi connectivity index (χ4n) is 6.01. The van der Waals surface area contributed by atoms with Crippen LogP contribution < -0.4 is 25.0 Å². The number of nitrogens with one attached hydrogen (secondary N) is 2. The molecule has 4 atom stereocenters. The molecule has 4 heterocycles. The van der Waals surface area contributed by atoms with E-state index in [1.165, 1.54) is 31.9 Å². The quantitative estimate of drug-likeness (QED) is 0.366. The van der Waals surface area contributed by atoms with E-state index in [1.807, 2.05) is 77.6 Å². The first-order valence-electron chi connectivity index (χ1n) is 16.4. The lowest BCUT2D eigenvalue weighted by Crippen LogP contribution is -2.36. The third-order valence-corrected chi connectivity index (χ3v) is 8.60. The Morgan fingerprint density at radius 1 is 0.750 bits per heavy atom. The number of carbonyl (C=O) groups is 1. The minimum atomic E-state index is -0.382. The van der Waals surface area contributed by atoms with E-state index in [4.69, 9.17) is 14.2 Å². The van der Waals surface area contributed by atoms with Gasteiger partial charge >= 0.3 is 6.09 Å². The van der Waals surface area contributed by atoms with Crippen LogP contribution in [0.15, 0.2) is 53.0 Å². The lowest BCUT2D eigenvalue weighted by Gasteiger charge is -2.24. The van der Waals surface area contributed by atoms with Crippen LogP contribution in [0.5, 0.6) is 11.5 Å². The Hall–Kier alpha value is -2.49. The molecule has 4 fully saturated rings. The van der Waals surface area contributed by atoms with Gasteiger partial charge in [-0.3, -0.25) is 0 Å². The second-order valence-corrected chi connectivity index (χ2v) is 13.4. The van der Waals surface area contributed by atoms with Crippen LogP contribution in [0.2, 0.25) is 0 Å². The Morgan fingerprint density at radius 3 is 1.57 bits per heavy atom. The first kappa shape index (κ1) is 36.0. The number of hydrogen-bond donors (Lipinski definition) is 2. The zero-order valence-electron chi connectivity index (χ0n) is 27.9. The number of nitrogens with zero attached hydrogens (tertiary/aromatic N) is 2. The minimum Gasteiger partial charge on any atom is -0.494 e. The van der Waals surface area contributed by atoms with Crippen molar-refractivity contribution in [1.29, 1.82) is 0 Å². The highest BCUT2D eigenvalue weighted by molar-refractivity contribution is 9.10. The molecule has 0 aromatic heterocycles. The van der Waals surface area contributed by atoms with Gasteiger partial charge in [-0.2, -0.15) is 0 Å². The molecule has 1 amide bonds. The SMILES string of the molecule is CC.CC(C)(C)OC(=O)N1CC2CNCC2C1.CCOc1ccc(Br)cc1.CCOc1ccc(N2CC3CNCC3C2)cc1. The summed E-state index contributed by atoms with van der Waals surface area (Å²) in [7, 11) is 0. The van der Waals surface area contributed by atoms with Gasteiger partial charge in [0.25, 0.3) is 0 Å². The Balaban J connectivity index is 0.000000181. The van der Waals surface area contributed by atoms with Crippen molar-refractivity contribution < 1.29 is 19.0 Å². The first-order valence-corrected chi connectivity index (χ1v) is 17.2. The summed E-state index contributed by atoms with van der Waals surface area (Å²) in [6, 6.07) is 16.3. The van der Waals surface area contributed by atoms with E-state index in [-0.39, 0.29) is 11.7 Å². The molecular formula is C35H55BrN4O4. The smallest absolute Gasteiger partial charge is 0.410 e. The van der Waals surface area contributed by atoms with E-state index >= 15 is 0 Å². The summed E-state index contributed by atoms with van der Waals surface area (Å²) >= 11 is 3.34. The van der Waals surface area contributed by atoms with Crippen LogP contribution in [-0.2, 0) is 4.74 Å². The Bertz CT molecular complexity index is 1090. The van der Waals surface area contributed by atoms with Crippen molar-refractivity contribution in [3.63, 3.8) is 0 Å². The lowest BCUT2D eigenvalue weighted by atomic mass is 10.0. The van der Waals surface area contributed by atoms with Crippen molar-refractivity contribution in [3.8, 4) is 11.5 Å². The normalized spacial score (nSPS) is 23.2. The molecule has 8 nitrogen and oxygen atoms in total. The van der Waals surface area contributed by atoms with Gasteiger partial charge in [0.2, 0.25) is 0 Å². The predicted octanol–water partition coefficient (Wildman–Crippen LogP) is 6.69. The summed E-state index contributed by atoms with van der Waals surface area (Å²) in [5.41, 5.74) is 0.954. The van der Waals surface area contributed by atoms with Crippen LogP contribution in [0.25, 0.3) is 0 Å². The van der Waals surface area contributed by atoms with Gasteiger partial charge in [-0.05, 0) is 107 Å². The van der Waals surface area contributed by atoms with Gasteiger partial charge in [0.15, 0.2) is 0 Å². The van der Waals surface area contributed by atoms with Crippen LogP contribution in [-0.4, -0.2) is 82.2 Å². The third-order valence-electron chi connectivity index (χ3n) is 8.07. The molecule has 2 aromatic carbocycles. The van der Waals surface area contributed by atoms with Gasteiger partial charge in [-0.15, -0.1) is 0 Å². The zero-order chi connectivity index (χ0) is 32.1. The van der Waals surface area contributed by atoms with Gasteiger partial charge in [-0.25, -0.2) is 4.79 Å². The Morgan fingerprint density at radius 2 is 1.16 bits per heavy atom. The fraction of sp³-hybridized carbons (Fsp3) is 0.629. The standard InChI is InChI=1S/C14H20N2O.C11H20N2O2.C8H9BrO.C2H6/c1-2-17-14-5-3-13(4-6-14)16-9-11-7-15-8-12(11)10-16;1-11(2,3)15-10(14)13-6-8-4-12-5-9(8)7-13;1-2-10-8-5-3-7(9)4-6-8;1-2/h3-6,11-12,15H,2,7-10H2,1H3;8-9,12H,4-7H2,1-3H3;3-6H,2H2,1H3;1-2H3. The molecule has 4 unspecified atom stereocenters. The molecule has 0 spiro atoms. The van der Waals surface area contributed by atoms with Crippen molar-refractivity contribution >= 4 is 27.7 Å². The second kappa shape index (κ2) is 17.9. The average Bonchev–Trinajstić information content (AvgIpc) is 3.78. The van der Waals surface area contributed by atoms with Crippen molar-refractivity contribution in [2.75, 3.05) is 70.5 Å². The first-order chi connectivity index (χ1) is 21.1. The van der Waals surface area contributed by atoms with Crippen LogP contribution in [0, 0.1) is 23.7 Å². The second-order valence-electron chi connectivity index (χ2n) is 12.5.